The predicted molar refractivity (Wildman–Crippen MR) is 67.8 cm³/mol. The molecule has 0 spiro atoms. The van der Waals surface area contributed by atoms with Gasteiger partial charge in [0.25, 0.3) is 0 Å². The van der Waals surface area contributed by atoms with Crippen molar-refractivity contribution in [1.82, 2.24) is 14.5 Å². The number of imidazole rings is 1. The average molecular weight is 218 g/mol. The van der Waals surface area contributed by atoms with Crippen LogP contribution in [0.15, 0.2) is 24.3 Å². The Bertz CT molecular complexity index is 473. The first-order valence-electron chi connectivity index (χ1n) is 5.50. The van der Waals surface area contributed by atoms with E-state index in [1.54, 1.807) is 0 Å². The van der Waals surface area contributed by atoms with Gasteiger partial charge in [0.15, 0.2) is 0 Å². The van der Waals surface area contributed by atoms with E-state index in [1.165, 1.54) is 5.52 Å². The van der Waals surface area contributed by atoms with Crippen LogP contribution in [0.4, 0.5) is 5.95 Å². The number of hydrogen-bond acceptors (Lipinski definition) is 3. The molecule has 0 saturated carbocycles. The summed E-state index contributed by atoms with van der Waals surface area (Å²) in [6.07, 6.45) is 0. The van der Waals surface area contributed by atoms with Crippen LogP contribution in [0.5, 0.6) is 0 Å². The third-order valence-corrected chi connectivity index (χ3v) is 2.65. The zero-order chi connectivity index (χ0) is 11.5. The standard InChI is InChI=1S/C12H18N4/c1-13-12-14-10-6-4-5-7-11(10)16(12)9-8-15(2)3/h4-7H,8-9H2,1-3H3,(H,13,14). The molecule has 1 aromatic carbocycles. The zero-order valence-electron chi connectivity index (χ0n) is 10.1. The minimum absolute atomic E-state index is 0.933. The van der Waals surface area contributed by atoms with Gasteiger partial charge in [-0.15, -0.1) is 0 Å². The molecule has 0 bridgehead atoms. The maximum atomic E-state index is 4.54. The van der Waals surface area contributed by atoms with Gasteiger partial charge in [0.2, 0.25) is 5.95 Å². The van der Waals surface area contributed by atoms with Crippen molar-refractivity contribution in [3.05, 3.63) is 24.3 Å². The molecule has 86 valence electrons. The fourth-order valence-electron chi connectivity index (χ4n) is 1.79. The van der Waals surface area contributed by atoms with Gasteiger partial charge < -0.3 is 14.8 Å². The van der Waals surface area contributed by atoms with E-state index < -0.39 is 0 Å². The van der Waals surface area contributed by atoms with Crippen LogP contribution in [-0.2, 0) is 6.54 Å². The molecule has 1 aromatic heterocycles. The molecule has 0 unspecified atom stereocenters. The van der Waals surface area contributed by atoms with Crippen LogP contribution in [0.3, 0.4) is 0 Å². The Kier molecular flexibility index (Phi) is 3.10. The fraction of sp³-hybridized carbons (Fsp3) is 0.417. The molecule has 1 heterocycles. The molecular formula is C12H18N4. The molecule has 0 radical (unpaired) electrons. The molecule has 0 aliphatic carbocycles. The minimum Gasteiger partial charge on any atom is -0.359 e. The fourth-order valence-corrected chi connectivity index (χ4v) is 1.79. The van der Waals surface area contributed by atoms with Crippen LogP contribution in [0.2, 0.25) is 0 Å². The number of hydrogen-bond donors (Lipinski definition) is 1. The van der Waals surface area contributed by atoms with Crippen molar-refractivity contribution in [2.45, 2.75) is 6.54 Å². The van der Waals surface area contributed by atoms with Crippen molar-refractivity contribution in [1.29, 1.82) is 0 Å². The third-order valence-electron chi connectivity index (χ3n) is 2.65. The Morgan fingerprint density at radius 3 is 2.75 bits per heavy atom. The summed E-state index contributed by atoms with van der Waals surface area (Å²) < 4.78 is 2.22. The third kappa shape index (κ3) is 2.02. The van der Waals surface area contributed by atoms with E-state index in [0.717, 1.165) is 24.6 Å². The molecule has 0 fully saturated rings. The lowest BCUT2D eigenvalue weighted by atomic mass is 10.3. The van der Waals surface area contributed by atoms with Crippen molar-refractivity contribution < 1.29 is 0 Å². The number of anilines is 1. The lowest BCUT2D eigenvalue weighted by molar-refractivity contribution is 0.387. The number of para-hydroxylation sites is 2. The maximum Gasteiger partial charge on any atom is 0.203 e. The second-order valence-corrected chi connectivity index (χ2v) is 4.13. The highest BCUT2D eigenvalue weighted by Gasteiger charge is 2.08. The molecule has 0 amide bonds. The molecule has 2 aromatic rings. The molecule has 16 heavy (non-hydrogen) atoms. The van der Waals surface area contributed by atoms with E-state index in [-0.39, 0.29) is 0 Å². The lowest BCUT2D eigenvalue weighted by Gasteiger charge is -2.12. The lowest BCUT2D eigenvalue weighted by Crippen LogP contribution is -2.19. The monoisotopic (exact) mass is 218 g/mol. The summed E-state index contributed by atoms with van der Waals surface area (Å²) in [4.78, 5) is 6.72. The van der Waals surface area contributed by atoms with E-state index in [4.69, 9.17) is 0 Å². The summed E-state index contributed by atoms with van der Waals surface area (Å²) in [6, 6.07) is 8.22. The van der Waals surface area contributed by atoms with E-state index in [9.17, 15) is 0 Å². The number of likely N-dealkylation sites (N-methyl/N-ethyl adjacent to an activating group) is 1. The highest BCUT2D eigenvalue weighted by Crippen LogP contribution is 2.18. The second-order valence-electron chi connectivity index (χ2n) is 4.13. The van der Waals surface area contributed by atoms with E-state index >= 15 is 0 Å². The normalized spacial score (nSPS) is 11.2. The molecule has 4 heteroatoms. The van der Waals surface area contributed by atoms with Gasteiger partial charge in [-0.3, -0.25) is 0 Å². The minimum atomic E-state index is 0.933. The van der Waals surface area contributed by atoms with Crippen molar-refractivity contribution in [3.63, 3.8) is 0 Å². The van der Waals surface area contributed by atoms with Crippen molar-refractivity contribution in [2.24, 2.45) is 0 Å². The van der Waals surface area contributed by atoms with Crippen LogP contribution in [-0.4, -0.2) is 42.1 Å². The molecular weight excluding hydrogens is 200 g/mol. The van der Waals surface area contributed by atoms with Crippen LogP contribution >= 0.6 is 0 Å². The Hall–Kier alpha value is -1.55. The number of rotatable bonds is 4. The Morgan fingerprint density at radius 2 is 2.06 bits per heavy atom. The van der Waals surface area contributed by atoms with Crippen LogP contribution < -0.4 is 5.32 Å². The summed E-state index contributed by atoms with van der Waals surface area (Å²) in [7, 11) is 6.07. The summed E-state index contributed by atoms with van der Waals surface area (Å²) >= 11 is 0. The van der Waals surface area contributed by atoms with Gasteiger partial charge in [0.1, 0.15) is 0 Å². The van der Waals surface area contributed by atoms with Gasteiger partial charge in [0, 0.05) is 20.1 Å². The zero-order valence-corrected chi connectivity index (χ0v) is 10.1. The Labute approximate surface area is 95.9 Å². The molecule has 0 aliphatic heterocycles. The van der Waals surface area contributed by atoms with Gasteiger partial charge in [-0.2, -0.15) is 0 Å². The van der Waals surface area contributed by atoms with Crippen molar-refractivity contribution >= 4 is 17.0 Å². The second kappa shape index (κ2) is 4.53. The topological polar surface area (TPSA) is 33.1 Å². The smallest absolute Gasteiger partial charge is 0.203 e. The molecule has 1 N–H and O–H groups in total. The average Bonchev–Trinajstić information content (AvgIpc) is 2.64. The van der Waals surface area contributed by atoms with E-state index in [2.05, 4.69) is 46.0 Å². The predicted octanol–water partition coefficient (Wildman–Crippen LogP) is 1.64. The Balaban J connectivity index is 2.39. The first-order chi connectivity index (χ1) is 7.72. The first-order valence-corrected chi connectivity index (χ1v) is 5.50. The van der Waals surface area contributed by atoms with E-state index in [0.29, 0.717) is 0 Å². The van der Waals surface area contributed by atoms with Gasteiger partial charge in [-0.1, -0.05) is 12.1 Å². The van der Waals surface area contributed by atoms with Crippen LogP contribution in [0.1, 0.15) is 0 Å². The maximum absolute atomic E-state index is 4.54. The molecule has 0 saturated heterocycles. The number of nitrogens with one attached hydrogen (secondary N) is 1. The van der Waals surface area contributed by atoms with E-state index in [1.807, 2.05) is 19.2 Å². The Morgan fingerprint density at radius 1 is 1.31 bits per heavy atom. The molecule has 4 nitrogen and oxygen atoms in total. The molecule has 0 aliphatic rings. The van der Waals surface area contributed by atoms with Crippen molar-refractivity contribution in [2.75, 3.05) is 33.0 Å². The van der Waals surface area contributed by atoms with Gasteiger partial charge >= 0.3 is 0 Å². The first kappa shape index (κ1) is 11.0. The van der Waals surface area contributed by atoms with Crippen LogP contribution in [0.25, 0.3) is 11.0 Å². The highest BCUT2D eigenvalue weighted by molar-refractivity contribution is 5.78. The largest absolute Gasteiger partial charge is 0.359 e. The summed E-state index contributed by atoms with van der Waals surface area (Å²) in [5.41, 5.74) is 2.24. The SMILES string of the molecule is CNc1nc2ccccc2n1CCN(C)C. The highest BCUT2D eigenvalue weighted by atomic mass is 15.2. The van der Waals surface area contributed by atoms with Gasteiger partial charge in [-0.05, 0) is 26.2 Å². The van der Waals surface area contributed by atoms with Crippen LogP contribution in [0, 0.1) is 0 Å². The van der Waals surface area contributed by atoms with Gasteiger partial charge in [0.05, 0.1) is 11.0 Å². The quantitative estimate of drug-likeness (QED) is 0.847. The number of nitrogens with zero attached hydrogens (tertiary/aromatic N) is 3. The summed E-state index contributed by atoms with van der Waals surface area (Å²) in [6.45, 7) is 1.96. The summed E-state index contributed by atoms with van der Waals surface area (Å²) in [5, 5.41) is 3.14. The summed E-state index contributed by atoms with van der Waals surface area (Å²) in [5.74, 6) is 0.933. The van der Waals surface area contributed by atoms with Gasteiger partial charge in [-0.25, -0.2) is 4.98 Å². The number of aromatic nitrogens is 2. The molecule has 0 atom stereocenters. The molecule has 2 rings (SSSR count). The van der Waals surface area contributed by atoms with Crippen molar-refractivity contribution in [3.8, 4) is 0 Å². The number of fused-ring (bicyclic) bond motifs is 1. The number of benzene rings is 1.